The molecule has 1 aliphatic heterocycles. The molecule has 1 fully saturated rings. The van der Waals surface area contributed by atoms with Crippen LogP contribution in [-0.2, 0) is 16.4 Å². The molecular formula is C18H24N2O2S2. The second kappa shape index (κ2) is 7.35. The average Bonchev–Trinajstić information content (AvgIpc) is 3.10. The number of nitrogens with zero attached hydrogens (tertiary/aromatic N) is 2. The molecule has 0 bridgehead atoms. The summed E-state index contributed by atoms with van der Waals surface area (Å²) in [5.74, 6) is 0. The van der Waals surface area contributed by atoms with Gasteiger partial charge in [0.15, 0.2) is 0 Å². The van der Waals surface area contributed by atoms with E-state index in [0.29, 0.717) is 17.3 Å². The van der Waals surface area contributed by atoms with Gasteiger partial charge in [0, 0.05) is 31.7 Å². The Hall–Kier alpha value is -1.21. The molecule has 2 heterocycles. The van der Waals surface area contributed by atoms with Gasteiger partial charge in [0.25, 0.3) is 10.0 Å². The van der Waals surface area contributed by atoms with Gasteiger partial charge in [-0.15, -0.1) is 11.3 Å². The predicted molar refractivity (Wildman–Crippen MR) is 98.9 cm³/mol. The number of sulfonamides is 1. The first-order valence-electron chi connectivity index (χ1n) is 8.32. The topological polar surface area (TPSA) is 40.6 Å². The summed E-state index contributed by atoms with van der Waals surface area (Å²) in [7, 11) is -3.35. The van der Waals surface area contributed by atoms with Crippen molar-refractivity contribution in [1.82, 2.24) is 9.21 Å². The van der Waals surface area contributed by atoms with Crippen molar-refractivity contribution in [2.75, 3.05) is 19.6 Å². The maximum atomic E-state index is 12.7. The number of hydrogen-bond acceptors (Lipinski definition) is 4. The molecule has 6 heteroatoms. The van der Waals surface area contributed by atoms with Crippen molar-refractivity contribution in [3.8, 4) is 0 Å². The standard InChI is InChI=1S/C18H24N2O2S2/c1-15-13-19(24(21,22)18-9-6-12-23-18)14-16(2)20(15)11-10-17-7-4-3-5-8-17/h3-9,12,15-16H,10-11,13-14H2,1-2H3. The van der Waals surface area contributed by atoms with Crippen LogP contribution in [0.2, 0.25) is 0 Å². The van der Waals surface area contributed by atoms with Gasteiger partial charge < -0.3 is 0 Å². The van der Waals surface area contributed by atoms with E-state index in [0.717, 1.165) is 13.0 Å². The summed E-state index contributed by atoms with van der Waals surface area (Å²) in [5.41, 5.74) is 1.32. The van der Waals surface area contributed by atoms with Crippen molar-refractivity contribution < 1.29 is 8.42 Å². The highest BCUT2D eigenvalue weighted by Crippen LogP contribution is 2.25. The molecule has 0 saturated carbocycles. The van der Waals surface area contributed by atoms with Crippen LogP contribution in [0.3, 0.4) is 0 Å². The molecular weight excluding hydrogens is 340 g/mol. The van der Waals surface area contributed by atoms with Crippen molar-refractivity contribution in [3.63, 3.8) is 0 Å². The van der Waals surface area contributed by atoms with Gasteiger partial charge >= 0.3 is 0 Å². The zero-order valence-electron chi connectivity index (χ0n) is 14.1. The monoisotopic (exact) mass is 364 g/mol. The molecule has 1 aromatic carbocycles. The lowest BCUT2D eigenvalue weighted by molar-refractivity contribution is 0.0785. The first kappa shape index (κ1) is 17.6. The normalized spacial score (nSPS) is 23.4. The molecule has 0 aliphatic carbocycles. The summed E-state index contributed by atoms with van der Waals surface area (Å²) in [6, 6.07) is 14.4. The summed E-state index contributed by atoms with van der Waals surface area (Å²) >= 11 is 1.29. The quantitative estimate of drug-likeness (QED) is 0.819. The van der Waals surface area contributed by atoms with Crippen LogP contribution in [0.15, 0.2) is 52.1 Å². The van der Waals surface area contributed by atoms with Gasteiger partial charge in [0.1, 0.15) is 4.21 Å². The summed E-state index contributed by atoms with van der Waals surface area (Å²) < 4.78 is 27.6. The number of piperazine rings is 1. The molecule has 1 aliphatic rings. The van der Waals surface area contributed by atoms with Crippen LogP contribution in [0.1, 0.15) is 19.4 Å². The minimum absolute atomic E-state index is 0.215. The van der Waals surface area contributed by atoms with E-state index in [1.807, 2.05) is 11.4 Å². The Kier molecular flexibility index (Phi) is 5.39. The minimum atomic E-state index is -3.35. The zero-order chi connectivity index (χ0) is 17.2. The Bertz CT molecular complexity index is 733. The van der Waals surface area contributed by atoms with E-state index in [4.69, 9.17) is 0 Å². The van der Waals surface area contributed by atoms with E-state index in [1.54, 1.807) is 16.4 Å². The molecule has 4 nitrogen and oxygen atoms in total. The smallest absolute Gasteiger partial charge is 0.252 e. The largest absolute Gasteiger partial charge is 0.295 e. The average molecular weight is 365 g/mol. The van der Waals surface area contributed by atoms with Crippen molar-refractivity contribution in [2.24, 2.45) is 0 Å². The van der Waals surface area contributed by atoms with Gasteiger partial charge in [-0.2, -0.15) is 4.31 Å². The Balaban J connectivity index is 1.66. The molecule has 3 rings (SSSR count). The van der Waals surface area contributed by atoms with Gasteiger partial charge in [0.05, 0.1) is 0 Å². The SMILES string of the molecule is CC1CN(S(=O)(=O)c2cccs2)CC(C)N1CCc1ccccc1. The van der Waals surface area contributed by atoms with E-state index >= 15 is 0 Å². The van der Waals surface area contributed by atoms with Crippen LogP contribution >= 0.6 is 11.3 Å². The number of thiophene rings is 1. The maximum Gasteiger partial charge on any atom is 0.252 e. The molecule has 0 radical (unpaired) electrons. The summed E-state index contributed by atoms with van der Waals surface area (Å²) in [5, 5.41) is 1.82. The fourth-order valence-corrected chi connectivity index (χ4v) is 6.13. The Labute approximate surface area is 148 Å². The first-order chi connectivity index (χ1) is 11.5. The van der Waals surface area contributed by atoms with Crippen LogP contribution < -0.4 is 0 Å². The fourth-order valence-electron chi connectivity index (χ4n) is 3.39. The highest BCUT2D eigenvalue weighted by Gasteiger charge is 2.36. The fraction of sp³-hybridized carbons (Fsp3) is 0.444. The summed E-state index contributed by atoms with van der Waals surface area (Å²) in [6.45, 7) is 6.31. The lowest BCUT2D eigenvalue weighted by Crippen LogP contribution is -2.58. The third-order valence-electron chi connectivity index (χ3n) is 4.66. The molecule has 1 aromatic heterocycles. The summed E-state index contributed by atoms with van der Waals surface area (Å²) in [4.78, 5) is 2.42. The Morgan fingerprint density at radius 1 is 1.04 bits per heavy atom. The third kappa shape index (κ3) is 3.72. The van der Waals surface area contributed by atoms with E-state index in [2.05, 4.69) is 43.0 Å². The molecule has 2 atom stereocenters. The van der Waals surface area contributed by atoms with Gasteiger partial charge in [-0.25, -0.2) is 8.42 Å². The van der Waals surface area contributed by atoms with E-state index in [1.165, 1.54) is 16.9 Å². The number of hydrogen-bond donors (Lipinski definition) is 0. The van der Waals surface area contributed by atoms with Crippen molar-refractivity contribution >= 4 is 21.4 Å². The van der Waals surface area contributed by atoms with E-state index in [-0.39, 0.29) is 12.1 Å². The van der Waals surface area contributed by atoms with Gasteiger partial charge in [0.2, 0.25) is 0 Å². The van der Waals surface area contributed by atoms with Crippen LogP contribution in [-0.4, -0.2) is 49.3 Å². The third-order valence-corrected chi connectivity index (χ3v) is 7.86. The highest BCUT2D eigenvalue weighted by molar-refractivity contribution is 7.91. The van der Waals surface area contributed by atoms with E-state index < -0.39 is 10.0 Å². The summed E-state index contributed by atoms with van der Waals surface area (Å²) in [6.07, 6.45) is 0.993. The van der Waals surface area contributed by atoms with Gasteiger partial charge in [-0.3, -0.25) is 4.90 Å². The number of rotatable bonds is 5. The van der Waals surface area contributed by atoms with Crippen LogP contribution in [0, 0.1) is 0 Å². The van der Waals surface area contributed by atoms with Crippen molar-refractivity contribution in [2.45, 2.75) is 36.6 Å². The molecule has 24 heavy (non-hydrogen) atoms. The van der Waals surface area contributed by atoms with Crippen LogP contribution in [0.4, 0.5) is 0 Å². The first-order valence-corrected chi connectivity index (χ1v) is 10.6. The molecule has 0 N–H and O–H groups in total. The maximum absolute atomic E-state index is 12.7. The van der Waals surface area contributed by atoms with E-state index in [9.17, 15) is 8.42 Å². The Morgan fingerprint density at radius 2 is 1.71 bits per heavy atom. The zero-order valence-corrected chi connectivity index (χ0v) is 15.8. The minimum Gasteiger partial charge on any atom is -0.295 e. The highest BCUT2D eigenvalue weighted by atomic mass is 32.2. The second-order valence-corrected chi connectivity index (χ2v) is 9.54. The molecule has 1 saturated heterocycles. The number of benzene rings is 1. The lowest BCUT2D eigenvalue weighted by atomic mass is 10.1. The van der Waals surface area contributed by atoms with Crippen molar-refractivity contribution in [3.05, 3.63) is 53.4 Å². The van der Waals surface area contributed by atoms with Crippen LogP contribution in [0.25, 0.3) is 0 Å². The Morgan fingerprint density at radius 3 is 2.29 bits per heavy atom. The molecule has 130 valence electrons. The predicted octanol–water partition coefficient (Wildman–Crippen LogP) is 3.07. The molecule has 0 spiro atoms. The van der Waals surface area contributed by atoms with Gasteiger partial charge in [-0.1, -0.05) is 36.4 Å². The second-order valence-electron chi connectivity index (χ2n) is 6.43. The lowest BCUT2D eigenvalue weighted by Gasteiger charge is -2.43. The van der Waals surface area contributed by atoms with Crippen LogP contribution in [0.5, 0.6) is 0 Å². The molecule has 2 unspecified atom stereocenters. The van der Waals surface area contributed by atoms with Crippen molar-refractivity contribution in [1.29, 1.82) is 0 Å². The molecule has 2 aromatic rings. The molecule has 0 amide bonds. The van der Waals surface area contributed by atoms with Gasteiger partial charge in [-0.05, 0) is 37.3 Å².